The van der Waals surface area contributed by atoms with Gasteiger partial charge < -0.3 is 19.7 Å². The molecule has 5 nitrogen and oxygen atoms in total. The summed E-state index contributed by atoms with van der Waals surface area (Å²) in [5, 5.41) is 17.5. The predicted octanol–water partition coefficient (Wildman–Crippen LogP) is 5.52. The number of aromatic nitrogens is 1. The average molecular weight is 475 g/mol. The van der Waals surface area contributed by atoms with Gasteiger partial charge in [0.2, 0.25) is 0 Å². The molecule has 0 spiro atoms. The lowest BCUT2D eigenvalue weighted by Crippen LogP contribution is -2.46. The van der Waals surface area contributed by atoms with Crippen molar-refractivity contribution in [3.8, 4) is 5.75 Å². The maximum atomic E-state index is 13.0. The molecule has 0 aliphatic carbocycles. The predicted molar refractivity (Wildman–Crippen MR) is 125 cm³/mol. The molecule has 0 aliphatic heterocycles. The van der Waals surface area contributed by atoms with Crippen LogP contribution in [0.15, 0.2) is 59.1 Å². The minimum absolute atomic E-state index is 0.0545. The van der Waals surface area contributed by atoms with Crippen molar-refractivity contribution >= 4 is 12.2 Å². The van der Waals surface area contributed by atoms with Crippen molar-refractivity contribution in [1.29, 1.82) is 0 Å². The number of aryl methyl sites for hydroxylation is 1. The van der Waals surface area contributed by atoms with Crippen LogP contribution in [-0.2, 0) is 12.6 Å². The number of β-amino-alcohol motifs (C(OH)–C–C–N with tert-alkyl or cyclic N) is 1. The van der Waals surface area contributed by atoms with Gasteiger partial charge in [-0.2, -0.15) is 13.2 Å². The van der Waals surface area contributed by atoms with E-state index in [2.05, 4.69) is 10.5 Å². The molecule has 0 radical (unpaired) electrons. The second kappa shape index (κ2) is 10.9. The van der Waals surface area contributed by atoms with Crippen molar-refractivity contribution in [2.24, 2.45) is 0 Å². The Kier molecular flexibility index (Phi) is 8.17. The van der Waals surface area contributed by atoms with Gasteiger partial charge in [0.1, 0.15) is 18.5 Å². The summed E-state index contributed by atoms with van der Waals surface area (Å²) in [7, 11) is 0. The Morgan fingerprint density at radius 3 is 2.56 bits per heavy atom. The molecule has 2 N–H and O–H groups in total. The molecule has 0 saturated heterocycles. The Morgan fingerprint density at radius 1 is 1.09 bits per heavy atom. The van der Waals surface area contributed by atoms with Gasteiger partial charge in [-0.1, -0.05) is 41.6 Å². The summed E-state index contributed by atoms with van der Waals surface area (Å²) in [5.74, 6) is 1.23. The third-order valence-electron chi connectivity index (χ3n) is 5.14. The summed E-state index contributed by atoms with van der Waals surface area (Å²) in [5.41, 5.74) is 0.986. The van der Waals surface area contributed by atoms with Crippen LogP contribution in [0.2, 0.25) is 0 Å². The van der Waals surface area contributed by atoms with Crippen LogP contribution in [0.1, 0.15) is 42.0 Å². The molecule has 0 fully saturated rings. The number of hydrogen-bond donors (Lipinski definition) is 2. The van der Waals surface area contributed by atoms with E-state index in [4.69, 9.17) is 9.26 Å². The van der Waals surface area contributed by atoms with Crippen LogP contribution in [0.25, 0.3) is 12.2 Å². The molecule has 1 atom stereocenters. The number of benzene rings is 2. The van der Waals surface area contributed by atoms with Gasteiger partial charge in [0, 0.05) is 23.7 Å². The highest BCUT2D eigenvalue weighted by Crippen LogP contribution is 2.30. The van der Waals surface area contributed by atoms with E-state index in [1.165, 1.54) is 6.07 Å². The summed E-state index contributed by atoms with van der Waals surface area (Å²) < 4.78 is 49.9. The van der Waals surface area contributed by atoms with E-state index < -0.39 is 23.4 Å². The maximum Gasteiger partial charge on any atom is 0.416 e. The average Bonchev–Trinajstić information content (AvgIpc) is 3.20. The molecule has 3 rings (SSSR count). The number of para-hydroxylation sites is 1. The molecule has 2 aromatic carbocycles. The van der Waals surface area contributed by atoms with Gasteiger partial charge in [-0.3, -0.25) is 0 Å². The van der Waals surface area contributed by atoms with Crippen molar-refractivity contribution < 1.29 is 27.5 Å². The van der Waals surface area contributed by atoms with E-state index in [0.717, 1.165) is 23.4 Å². The first-order valence-corrected chi connectivity index (χ1v) is 10.9. The van der Waals surface area contributed by atoms with Gasteiger partial charge in [0.25, 0.3) is 0 Å². The maximum absolute atomic E-state index is 13.0. The molecule has 0 aliphatic rings. The van der Waals surface area contributed by atoms with Crippen LogP contribution in [-0.4, -0.2) is 35.1 Å². The van der Waals surface area contributed by atoms with Crippen LogP contribution in [0, 0.1) is 6.92 Å². The fourth-order valence-electron chi connectivity index (χ4n) is 3.45. The number of alkyl halides is 3. The molecule has 1 unspecified atom stereocenters. The highest BCUT2D eigenvalue weighted by molar-refractivity contribution is 5.70. The highest BCUT2D eigenvalue weighted by Gasteiger charge is 2.31. The highest BCUT2D eigenvalue weighted by atomic mass is 19.4. The quantitative estimate of drug-likeness (QED) is 0.405. The lowest BCUT2D eigenvalue weighted by molar-refractivity contribution is -0.137. The van der Waals surface area contributed by atoms with E-state index in [-0.39, 0.29) is 13.2 Å². The van der Waals surface area contributed by atoms with Crippen LogP contribution >= 0.6 is 0 Å². The Balaban J connectivity index is 1.52. The first-order valence-electron chi connectivity index (χ1n) is 10.9. The summed E-state index contributed by atoms with van der Waals surface area (Å²) in [4.78, 5) is 0. The molecule has 1 heterocycles. The molecule has 1 aromatic heterocycles. The Bertz CT molecular complexity index is 1110. The zero-order valence-corrected chi connectivity index (χ0v) is 19.4. The smallest absolute Gasteiger partial charge is 0.416 e. The van der Waals surface area contributed by atoms with E-state index >= 15 is 0 Å². The Labute approximate surface area is 197 Å². The standard InChI is InChI=1S/C26H29F3N2O3/c1-18-13-23(34-31-18)12-11-20-8-4-5-10-24(20)33-17-22(32)16-30-25(2,3)15-19-7-6-9-21(14-19)26(27,28)29/h4-14,22,30,32H,15-17H2,1-3H3/b12-11-. The van der Waals surface area contributed by atoms with Crippen molar-refractivity contribution in [3.05, 3.63) is 82.7 Å². The number of aliphatic hydroxyl groups excluding tert-OH is 1. The normalized spacial score (nSPS) is 13.4. The zero-order valence-electron chi connectivity index (χ0n) is 19.4. The van der Waals surface area contributed by atoms with E-state index in [0.29, 0.717) is 23.5 Å². The van der Waals surface area contributed by atoms with Gasteiger partial charge in [-0.25, -0.2) is 0 Å². The summed E-state index contributed by atoms with van der Waals surface area (Å²) in [6.07, 6.45) is -1.18. The number of aliphatic hydroxyl groups is 1. The summed E-state index contributed by atoms with van der Waals surface area (Å²) in [6.45, 7) is 5.88. The molecule has 8 heteroatoms. The van der Waals surface area contributed by atoms with Crippen molar-refractivity contribution in [2.75, 3.05) is 13.2 Å². The molecule has 182 valence electrons. The molecule has 0 bridgehead atoms. The molecule has 0 saturated carbocycles. The third kappa shape index (κ3) is 7.74. The van der Waals surface area contributed by atoms with Crippen molar-refractivity contribution in [2.45, 2.75) is 45.0 Å². The lowest BCUT2D eigenvalue weighted by atomic mass is 9.93. The van der Waals surface area contributed by atoms with Gasteiger partial charge >= 0.3 is 6.18 Å². The first kappa shape index (κ1) is 25.5. The summed E-state index contributed by atoms with van der Waals surface area (Å²) in [6, 6.07) is 14.5. The second-order valence-corrected chi connectivity index (χ2v) is 8.85. The minimum atomic E-state index is -4.37. The van der Waals surface area contributed by atoms with Gasteiger partial charge in [0.05, 0.1) is 11.3 Å². The van der Waals surface area contributed by atoms with Crippen LogP contribution in [0.5, 0.6) is 5.75 Å². The summed E-state index contributed by atoms with van der Waals surface area (Å²) >= 11 is 0. The van der Waals surface area contributed by atoms with Gasteiger partial charge in [0.15, 0.2) is 5.76 Å². The number of ether oxygens (including phenoxy) is 1. The van der Waals surface area contributed by atoms with E-state index in [9.17, 15) is 18.3 Å². The lowest BCUT2D eigenvalue weighted by Gasteiger charge is -2.28. The fraction of sp³-hybridized carbons (Fsp3) is 0.346. The molecule has 34 heavy (non-hydrogen) atoms. The van der Waals surface area contributed by atoms with Crippen molar-refractivity contribution in [3.63, 3.8) is 0 Å². The number of nitrogens with zero attached hydrogens (tertiary/aromatic N) is 1. The Morgan fingerprint density at radius 2 is 1.85 bits per heavy atom. The number of hydrogen-bond acceptors (Lipinski definition) is 5. The minimum Gasteiger partial charge on any atom is -0.490 e. The van der Waals surface area contributed by atoms with Crippen LogP contribution in [0.4, 0.5) is 13.2 Å². The Hall–Kier alpha value is -3.10. The van der Waals surface area contributed by atoms with Gasteiger partial charge in [-0.05, 0) is 57.0 Å². The second-order valence-electron chi connectivity index (χ2n) is 8.85. The van der Waals surface area contributed by atoms with E-state index in [1.54, 1.807) is 12.1 Å². The topological polar surface area (TPSA) is 67.5 Å². The zero-order chi connectivity index (χ0) is 24.8. The molecule has 0 amide bonds. The third-order valence-corrected chi connectivity index (χ3v) is 5.14. The van der Waals surface area contributed by atoms with Crippen LogP contribution in [0.3, 0.4) is 0 Å². The van der Waals surface area contributed by atoms with Crippen LogP contribution < -0.4 is 10.1 Å². The van der Waals surface area contributed by atoms with E-state index in [1.807, 2.05) is 57.2 Å². The van der Waals surface area contributed by atoms with Gasteiger partial charge in [-0.15, -0.1) is 0 Å². The monoisotopic (exact) mass is 474 g/mol. The molecular weight excluding hydrogens is 445 g/mol. The first-order chi connectivity index (χ1) is 16.0. The molecular formula is C26H29F3N2O3. The number of nitrogens with one attached hydrogen (secondary N) is 1. The number of halogens is 3. The molecule has 3 aromatic rings. The largest absolute Gasteiger partial charge is 0.490 e. The fourth-order valence-corrected chi connectivity index (χ4v) is 3.45. The number of rotatable bonds is 10. The van der Waals surface area contributed by atoms with Crippen molar-refractivity contribution in [1.82, 2.24) is 10.5 Å². The SMILES string of the molecule is Cc1cc(/C=C\c2ccccc2OCC(O)CNC(C)(C)Cc2cccc(C(F)(F)F)c2)on1.